The number of aliphatic hydroxyl groups is 3. The molecule has 0 aliphatic carbocycles. The lowest BCUT2D eigenvalue weighted by molar-refractivity contribution is 0.0572. The maximum atomic E-state index is 9.14. The van der Waals surface area contributed by atoms with E-state index in [9.17, 15) is 0 Å². The number of hydrogen-bond acceptors (Lipinski definition) is 4. The van der Waals surface area contributed by atoms with Crippen molar-refractivity contribution < 1.29 is 15.3 Å². The van der Waals surface area contributed by atoms with E-state index in [1.165, 1.54) is 0 Å². The van der Waals surface area contributed by atoms with Crippen LogP contribution in [0.4, 0.5) is 0 Å². The predicted molar refractivity (Wildman–Crippen MR) is 40.1 cm³/mol. The molecule has 0 bridgehead atoms. The first kappa shape index (κ1) is 8.93. The zero-order chi connectivity index (χ0) is 8.43. The molecule has 11 heavy (non-hydrogen) atoms. The minimum absolute atomic E-state index is 0.0294. The average molecular weight is 161 g/mol. The molecule has 0 saturated carbocycles. The molecule has 1 unspecified atom stereocenters. The van der Waals surface area contributed by atoms with Gasteiger partial charge in [-0.1, -0.05) is 0 Å². The third kappa shape index (κ3) is 1.90. The second-order valence-electron chi connectivity index (χ2n) is 3.12. The van der Waals surface area contributed by atoms with Crippen molar-refractivity contribution in [3.05, 3.63) is 0 Å². The number of rotatable bonds is 2. The highest BCUT2D eigenvalue weighted by Gasteiger charge is 2.31. The quantitative estimate of drug-likeness (QED) is 0.456. The Bertz CT molecular complexity index is 121. The molecule has 1 saturated heterocycles. The Morgan fingerprint density at radius 2 is 1.82 bits per heavy atom. The lowest BCUT2D eigenvalue weighted by atomic mass is 10.3. The summed E-state index contributed by atoms with van der Waals surface area (Å²) < 4.78 is 0. The van der Waals surface area contributed by atoms with Gasteiger partial charge in [-0.05, 0) is 6.92 Å². The molecule has 66 valence electrons. The first-order chi connectivity index (χ1) is 5.15. The van der Waals surface area contributed by atoms with Crippen LogP contribution in [0.3, 0.4) is 0 Å². The molecule has 4 nitrogen and oxygen atoms in total. The number of aliphatic hydroxyl groups excluding tert-OH is 3. The zero-order valence-electron chi connectivity index (χ0n) is 6.64. The van der Waals surface area contributed by atoms with E-state index in [0.717, 1.165) is 0 Å². The number of nitrogens with zero attached hydrogens (tertiary/aromatic N) is 1. The Morgan fingerprint density at radius 3 is 2.18 bits per heavy atom. The van der Waals surface area contributed by atoms with E-state index in [2.05, 4.69) is 0 Å². The van der Waals surface area contributed by atoms with Gasteiger partial charge < -0.3 is 15.3 Å². The minimum Gasteiger partial charge on any atom is -0.395 e. The van der Waals surface area contributed by atoms with E-state index < -0.39 is 12.2 Å². The van der Waals surface area contributed by atoms with Gasteiger partial charge in [-0.15, -0.1) is 0 Å². The van der Waals surface area contributed by atoms with Gasteiger partial charge in [0.15, 0.2) is 0 Å². The van der Waals surface area contributed by atoms with Crippen molar-refractivity contribution >= 4 is 0 Å². The smallest absolute Gasteiger partial charge is 0.0938 e. The third-order valence-corrected chi connectivity index (χ3v) is 2.17. The zero-order valence-corrected chi connectivity index (χ0v) is 6.64. The highest BCUT2D eigenvalue weighted by molar-refractivity contribution is 4.85. The van der Waals surface area contributed by atoms with Crippen molar-refractivity contribution in [1.82, 2.24) is 4.90 Å². The Balaban J connectivity index is 2.40. The fourth-order valence-electron chi connectivity index (χ4n) is 1.27. The van der Waals surface area contributed by atoms with E-state index in [-0.39, 0.29) is 12.6 Å². The van der Waals surface area contributed by atoms with Crippen molar-refractivity contribution in [1.29, 1.82) is 0 Å². The molecule has 1 aliphatic heterocycles. The topological polar surface area (TPSA) is 63.9 Å². The fraction of sp³-hybridized carbons (Fsp3) is 1.00. The Morgan fingerprint density at radius 1 is 1.36 bits per heavy atom. The summed E-state index contributed by atoms with van der Waals surface area (Å²) in [4.78, 5) is 1.87. The summed E-state index contributed by atoms with van der Waals surface area (Å²) in [6.07, 6.45) is -1.30. The lowest BCUT2D eigenvalue weighted by Gasteiger charge is -2.20. The van der Waals surface area contributed by atoms with Gasteiger partial charge in [0.2, 0.25) is 0 Å². The van der Waals surface area contributed by atoms with Gasteiger partial charge in [-0.25, -0.2) is 0 Å². The van der Waals surface area contributed by atoms with E-state index in [4.69, 9.17) is 15.3 Å². The predicted octanol–water partition coefficient (Wildman–Crippen LogP) is -1.60. The molecule has 4 heteroatoms. The SMILES string of the molecule is CC(CO)N1C[C@@H](O)[C@@H](O)C1. The molecule has 1 aliphatic rings. The normalized spacial score (nSPS) is 36.0. The molecular formula is C7H15NO3. The van der Waals surface area contributed by atoms with Crippen molar-refractivity contribution in [2.45, 2.75) is 25.2 Å². The standard InChI is InChI=1S/C7H15NO3/c1-5(4-9)8-2-6(10)7(11)3-8/h5-7,9-11H,2-4H2,1H3/t5?,6-,7+. The van der Waals surface area contributed by atoms with Crippen LogP contribution in [0.5, 0.6) is 0 Å². The minimum atomic E-state index is -0.649. The highest BCUT2D eigenvalue weighted by Crippen LogP contribution is 2.12. The summed E-state index contributed by atoms with van der Waals surface area (Å²) in [6.45, 7) is 2.86. The Labute approximate surface area is 66.1 Å². The molecule has 0 radical (unpaired) electrons. The second-order valence-corrected chi connectivity index (χ2v) is 3.12. The monoisotopic (exact) mass is 161 g/mol. The van der Waals surface area contributed by atoms with Crippen molar-refractivity contribution in [2.24, 2.45) is 0 Å². The first-order valence-corrected chi connectivity index (χ1v) is 3.86. The van der Waals surface area contributed by atoms with E-state index in [1.807, 2.05) is 11.8 Å². The summed E-state index contributed by atoms with van der Waals surface area (Å²) in [5.41, 5.74) is 0. The van der Waals surface area contributed by atoms with Crippen LogP contribution < -0.4 is 0 Å². The Kier molecular flexibility index (Phi) is 2.84. The van der Waals surface area contributed by atoms with Gasteiger partial charge in [0, 0.05) is 19.1 Å². The third-order valence-electron chi connectivity index (χ3n) is 2.17. The number of likely N-dealkylation sites (tertiary alicyclic amines) is 1. The van der Waals surface area contributed by atoms with E-state index in [1.54, 1.807) is 0 Å². The number of hydrogen-bond donors (Lipinski definition) is 3. The van der Waals surface area contributed by atoms with Crippen LogP contribution in [0.25, 0.3) is 0 Å². The molecule has 1 fully saturated rings. The summed E-state index contributed by atoms with van der Waals surface area (Å²) in [7, 11) is 0. The van der Waals surface area contributed by atoms with Gasteiger partial charge in [0.05, 0.1) is 18.8 Å². The second kappa shape index (κ2) is 3.49. The van der Waals surface area contributed by atoms with Crippen LogP contribution in [0.1, 0.15) is 6.92 Å². The molecule has 0 amide bonds. The van der Waals surface area contributed by atoms with Crippen LogP contribution in [0, 0.1) is 0 Å². The molecular weight excluding hydrogens is 146 g/mol. The van der Waals surface area contributed by atoms with Crippen LogP contribution in [0.15, 0.2) is 0 Å². The summed E-state index contributed by atoms with van der Waals surface area (Å²) in [5.74, 6) is 0. The largest absolute Gasteiger partial charge is 0.395 e. The van der Waals surface area contributed by atoms with Crippen LogP contribution in [0.2, 0.25) is 0 Å². The van der Waals surface area contributed by atoms with Gasteiger partial charge in [-0.3, -0.25) is 4.90 Å². The summed E-state index contributed by atoms with van der Waals surface area (Å²) >= 11 is 0. The van der Waals surface area contributed by atoms with E-state index in [0.29, 0.717) is 13.1 Å². The molecule has 0 aromatic rings. The Hall–Kier alpha value is -0.160. The molecule has 1 rings (SSSR count). The lowest BCUT2D eigenvalue weighted by Crippen LogP contribution is -2.34. The fourth-order valence-corrected chi connectivity index (χ4v) is 1.27. The summed E-state index contributed by atoms with van der Waals surface area (Å²) in [6, 6.07) is 0.0294. The van der Waals surface area contributed by atoms with Crippen molar-refractivity contribution in [3.8, 4) is 0 Å². The van der Waals surface area contributed by atoms with Gasteiger partial charge >= 0.3 is 0 Å². The number of β-amino-alcohol motifs (C(OH)–C–C–N with tert-alkyl or cyclic N) is 2. The van der Waals surface area contributed by atoms with Gasteiger partial charge in [0.1, 0.15) is 0 Å². The summed E-state index contributed by atoms with van der Waals surface area (Å²) in [5, 5.41) is 27.0. The van der Waals surface area contributed by atoms with Crippen LogP contribution >= 0.6 is 0 Å². The van der Waals surface area contributed by atoms with Crippen molar-refractivity contribution in [2.75, 3.05) is 19.7 Å². The van der Waals surface area contributed by atoms with E-state index >= 15 is 0 Å². The maximum absolute atomic E-state index is 9.14. The first-order valence-electron chi connectivity index (χ1n) is 3.86. The molecule has 0 aromatic heterocycles. The molecule has 0 spiro atoms. The molecule has 0 aromatic carbocycles. The molecule has 1 heterocycles. The molecule has 3 N–H and O–H groups in total. The van der Waals surface area contributed by atoms with Gasteiger partial charge in [0.25, 0.3) is 0 Å². The van der Waals surface area contributed by atoms with Gasteiger partial charge in [-0.2, -0.15) is 0 Å². The van der Waals surface area contributed by atoms with Crippen LogP contribution in [-0.2, 0) is 0 Å². The average Bonchev–Trinajstić information content (AvgIpc) is 2.31. The molecule has 3 atom stereocenters. The van der Waals surface area contributed by atoms with Crippen LogP contribution in [-0.4, -0.2) is 58.2 Å². The highest BCUT2D eigenvalue weighted by atomic mass is 16.3. The van der Waals surface area contributed by atoms with Crippen molar-refractivity contribution in [3.63, 3.8) is 0 Å². The maximum Gasteiger partial charge on any atom is 0.0938 e.